The van der Waals surface area contributed by atoms with E-state index >= 15 is 0 Å². The topological polar surface area (TPSA) is 3.24 Å². The van der Waals surface area contributed by atoms with Gasteiger partial charge >= 0.3 is 0 Å². The molecule has 1 heteroatoms. The zero-order valence-corrected chi connectivity index (χ0v) is 9.83. The standard InChI is InChI=1S/C14H19N/c1-4-14(2,3)15-10-9-12-7-5-6-8-13(12)11-15/h5-10H,4,11H2,1-3H3. The van der Waals surface area contributed by atoms with E-state index in [9.17, 15) is 0 Å². The maximum Gasteiger partial charge on any atom is 0.0435 e. The number of benzene rings is 1. The summed E-state index contributed by atoms with van der Waals surface area (Å²) < 4.78 is 0. The summed E-state index contributed by atoms with van der Waals surface area (Å²) in [7, 11) is 0. The van der Waals surface area contributed by atoms with Crippen molar-refractivity contribution in [3.63, 3.8) is 0 Å². The highest BCUT2D eigenvalue weighted by Gasteiger charge is 2.24. The van der Waals surface area contributed by atoms with Crippen LogP contribution in [0.2, 0.25) is 0 Å². The fraction of sp³-hybridized carbons (Fsp3) is 0.429. The molecule has 0 aliphatic carbocycles. The summed E-state index contributed by atoms with van der Waals surface area (Å²) in [6, 6.07) is 8.62. The first-order valence-electron chi connectivity index (χ1n) is 5.66. The lowest BCUT2D eigenvalue weighted by molar-refractivity contribution is 0.170. The SMILES string of the molecule is CCC(C)(C)N1C=Cc2ccccc2C1. The summed E-state index contributed by atoms with van der Waals surface area (Å²) in [6.45, 7) is 7.87. The van der Waals surface area contributed by atoms with Crippen molar-refractivity contribution in [2.45, 2.75) is 39.3 Å². The summed E-state index contributed by atoms with van der Waals surface area (Å²) in [5.74, 6) is 0. The molecule has 1 heterocycles. The van der Waals surface area contributed by atoms with Gasteiger partial charge in [-0.15, -0.1) is 0 Å². The van der Waals surface area contributed by atoms with E-state index in [1.807, 2.05) is 0 Å². The normalized spacial score (nSPS) is 15.3. The van der Waals surface area contributed by atoms with Crippen LogP contribution in [0.25, 0.3) is 6.08 Å². The van der Waals surface area contributed by atoms with Crippen LogP contribution in [0, 0.1) is 0 Å². The van der Waals surface area contributed by atoms with Crippen molar-refractivity contribution >= 4 is 6.08 Å². The lowest BCUT2D eigenvalue weighted by Gasteiger charge is -2.39. The van der Waals surface area contributed by atoms with Crippen molar-refractivity contribution in [2.24, 2.45) is 0 Å². The molecule has 0 radical (unpaired) electrons. The lowest BCUT2D eigenvalue weighted by atomic mass is 9.95. The van der Waals surface area contributed by atoms with Crippen LogP contribution < -0.4 is 0 Å². The number of fused-ring (bicyclic) bond motifs is 1. The molecule has 15 heavy (non-hydrogen) atoms. The highest BCUT2D eigenvalue weighted by molar-refractivity contribution is 5.55. The molecular formula is C14H19N. The molecule has 0 atom stereocenters. The Bertz CT molecular complexity index is 377. The Morgan fingerprint density at radius 2 is 2.00 bits per heavy atom. The molecule has 0 amide bonds. The maximum atomic E-state index is 2.43. The first kappa shape index (κ1) is 10.3. The van der Waals surface area contributed by atoms with Crippen LogP contribution in [0.5, 0.6) is 0 Å². The second-order valence-corrected chi connectivity index (χ2v) is 4.81. The molecule has 0 saturated heterocycles. The van der Waals surface area contributed by atoms with Gasteiger partial charge in [0.05, 0.1) is 0 Å². The highest BCUT2D eigenvalue weighted by atomic mass is 15.2. The van der Waals surface area contributed by atoms with Crippen LogP contribution in [0.3, 0.4) is 0 Å². The minimum absolute atomic E-state index is 0.254. The molecule has 0 bridgehead atoms. The molecule has 80 valence electrons. The van der Waals surface area contributed by atoms with Crippen LogP contribution in [0.15, 0.2) is 30.5 Å². The Kier molecular flexibility index (Phi) is 2.56. The minimum Gasteiger partial charge on any atom is -0.368 e. The highest BCUT2D eigenvalue weighted by Crippen LogP contribution is 2.27. The van der Waals surface area contributed by atoms with Gasteiger partial charge in [0.15, 0.2) is 0 Å². The number of hydrogen-bond donors (Lipinski definition) is 0. The summed E-state index contributed by atoms with van der Waals surface area (Å²) in [4.78, 5) is 2.43. The molecule has 0 fully saturated rings. The van der Waals surface area contributed by atoms with E-state index in [4.69, 9.17) is 0 Å². The van der Waals surface area contributed by atoms with E-state index in [-0.39, 0.29) is 5.54 Å². The quantitative estimate of drug-likeness (QED) is 0.705. The van der Waals surface area contributed by atoms with Gasteiger partial charge in [-0.25, -0.2) is 0 Å². The van der Waals surface area contributed by atoms with Gasteiger partial charge < -0.3 is 4.90 Å². The Morgan fingerprint density at radius 3 is 2.73 bits per heavy atom. The molecular weight excluding hydrogens is 182 g/mol. The van der Waals surface area contributed by atoms with Crippen molar-refractivity contribution in [3.8, 4) is 0 Å². The third kappa shape index (κ3) is 1.92. The van der Waals surface area contributed by atoms with Crippen LogP contribution in [0.4, 0.5) is 0 Å². The van der Waals surface area contributed by atoms with Gasteiger partial charge in [0.2, 0.25) is 0 Å². The molecule has 2 rings (SSSR count). The average Bonchev–Trinajstić information content (AvgIpc) is 2.28. The smallest absolute Gasteiger partial charge is 0.0435 e. The largest absolute Gasteiger partial charge is 0.368 e. The summed E-state index contributed by atoms with van der Waals surface area (Å²) in [5, 5.41) is 0. The molecule has 0 N–H and O–H groups in total. The van der Waals surface area contributed by atoms with Crippen LogP contribution in [-0.2, 0) is 6.54 Å². The first-order chi connectivity index (χ1) is 7.13. The minimum atomic E-state index is 0.254. The monoisotopic (exact) mass is 201 g/mol. The molecule has 1 aromatic carbocycles. The van der Waals surface area contributed by atoms with Gasteiger partial charge in [-0.1, -0.05) is 31.2 Å². The van der Waals surface area contributed by atoms with E-state index in [2.05, 4.69) is 62.2 Å². The fourth-order valence-corrected chi connectivity index (χ4v) is 1.87. The Labute approximate surface area is 92.4 Å². The van der Waals surface area contributed by atoms with E-state index in [1.165, 1.54) is 17.5 Å². The molecule has 1 nitrogen and oxygen atoms in total. The van der Waals surface area contributed by atoms with Gasteiger partial charge in [0, 0.05) is 18.3 Å². The molecule has 1 aliphatic heterocycles. The summed E-state index contributed by atoms with van der Waals surface area (Å²) in [6.07, 6.45) is 5.61. The number of rotatable bonds is 2. The van der Waals surface area contributed by atoms with Gasteiger partial charge in [-0.05, 0) is 37.5 Å². The third-order valence-electron chi connectivity index (χ3n) is 3.47. The first-order valence-corrected chi connectivity index (χ1v) is 5.66. The Hall–Kier alpha value is -1.24. The van der Waals surface area contributed by atoms with E-state index in [0.29, 0.717) is 0 Å². The maximum absolute atomic E-state index is 2.43. The second kappa shape index (κ2) is 3.73. The molecule has 0 saturated carbocycles. The summed E-state index contributed by atoms with van der Waals surface area (Å²) in [5.41, 5.74) is 3.05. The zero-order valence-electron chi connectivity index (χ0n) is 9.83. The van der Waals surface area contributed by atoms with Gasteiger partial charge in [0.25, 0.3) is 0 Å². The molecule has 0 spiro atoms. The van der Waals surface area contributed by atoms with E-state index < -0.39 is 0 Å². The van der Waals surface area contributed by atoms with E-state index in [0.717, 1.165) is 6.54 Å². The predicted octanol–water partition coefficient (Wildman–Crippen LogP) is 3.66. The van der Waals surface area contributed by atoms with Crippen molar-refractivity contribution in [2.75, 3.05) is 0 Å². The van der Waals surface area contributed by atoms with Crippen molar-refractivity contribution in [3.05, 3.63) is 41.6 Å². The average molecular weight is 201 g/mol. The number of nitrogens with zero attached hydrogens (tertiary/aromatic N) is 1. The zero-order chi connectivity index (χ0) is 10.9. The van der Waals surface area contributed by atoms with Crippen LogP contribution in [-0.4, -0.2) is 10.4 Å². The van der Waals surface area contributed by atoms with Crippen LogP contribution in [0.1, 0.15) is 38.3 Å². The van der Waals surface area contributed by atoms with Gasteiger partial charge in [-0.3, -0.25) is 0 Å². The predicted molar refractivity (Wildman–Crippen MR) is 65.4 cm³/mol. The molecule has 0 aromatic heterocycles. The number of hydrogen-bond acceptors (Lipinski definition) is 1. The Balaban J connectivity index is 2.26. The van der Waals surface area contributed by atoms with E-state index in [1.54, 1.807) is 0 Å². The third-order valence-corrected chi connectivity index (χ3v) is 3.47. The summed E-state index contributed by atoms with van der Waals surface area (Å²) >= 11 is 0. The van der Waals surface area contributed by atoms with Crippen LogP contribution >= 0.6 is 0 Å². The van der Waals surface area contributed by atoms with Crippen molar-refractivity contribution in [1.82, 2.24) is 4.90 Å². The van der Waals surface area contributed by atoms with Gasteiger partial charge in [-0.2, -0.15) is 0 Å². The van der Waals surface area contributed by atoms with Gasteiger partial charge in [0.1, 0.15) is 0 Å². The Morgan fingerprint density at radius 1 is 1.27 bits per heavy atom. The fourth-order valence-electron chi connectivity index (χ4n) is 1.87. The molecule has 1 aromatic rings. The van der Waals surface area contributed by atoms with Crippen molar-refractivity contribution in [1.29, 1.82) is 0 Å². The lowest BCUT2D eigenvalue weighted by Crippen LogP contribution is -2.40. The molecule has 0 unspecified atom stereocenters. The second-order valence-electron chi connectivity index (χ2n) is 4.81. The van der Waals surface area contributed by atoms with Crippen molar-refractivity contribution < 1.29 is 0 Å². The molecule has 1 aliphatic rings.